The molecule has 0 saturated carbocycles. The summed E-state index contributed by atoms with van der Waals surface area (Å²) < 4.78 is 14.7. The number of rotatable bonds is 7. The summed E-state index contributed by atoms with van der Waals surface area (Å²) in [6, 6.07) is 6.96. The smallest absolute Gasteiger partial charge is 0.337 e. The van der Waals surface area contributed by atoms with Crippen molar-refractivity contribution in [1.29, 1.82) is 0 Å². The van der Waals surface area contributed by atoms with Crippen LogP contribution in [0.3, 0.4) is 0 Å². The molecule has 0 atom stereocenters. The van der Waals surface area contributed by atoms with Crippen LogP contribution in [0.1, 0.15) is 35.2 Å². The molecular weight excluding hydrogens is 338 g/mol. The summed E-state index contributed by atoms with van der Waals surface area (Å²) in [5, 5.41) is 0. The van der Waals surface area contributed by atoms with E-state index in [0.29, 0.717) is 25.2 Å². The molecule has 1 aromatic carbocycles. The molecular formula is C19H25NO6. The molecule has 0 spiro atoms. The Kier molecular flexibility index (Phi) is 7.59. The first kappa shape index (κ1) is 19.9. The van der Waals surface area contributed by atoms with Gasteiger partial charge in [-0.3, -0.25) is 9.59 Å². The van der Waals surface area contributed by atoms with Crippen LogP contribution in [0, 0.1) is 0 Å². The monoisotopic (exact) mass is 363 g/mol. The zero-order valence-electron chi connectivity index (χ0n) is 15.2. The van der Waals surface area contributed by atoms with E-state index in [9.17, 15) is 14.4 Å². The highest BCUT2D eigenvalue weighted by molar-refractivity contribution is 5.89. The molecule has 7 nitrogen and oxygen atoms in total. The number of aryl methyl sites for hydroxylation is 1. The molecule has 1 aliphatic rings. The minimum absolute atomic E-state index is 0.00273. The summed E-state index contributed by atoms with van der Waals surface area (Å²) in [5.74, 6) is -0.900. The van der Waals surface area contributed by atoms with Gasteiger partial charge in [0.25, 0.3) is 0 Å². The maximum Gasteiger partial charge on any atom is 0.337 e. The maximum absolute atomic E-state index is 12.7. The summed E-state index contributed by atoms with van der Waals surface area (Å²) in [7, 11) is 2.65. The molecule has 26 heavy (non-hydrogen) atoms. The lowest BCUT2D eigenvalue weighted by Crippen LogP contribution is -2.46. The number of ether oxygens (including phenoxy) is 3. The lowest BCUT2D eigenvalue weighted by Gasteiger charge is -2.33. The molecule has 1 saturated heterocycles. The van der Waals surface area contributed by atoms with Gasteiger partial charge in [0.1, 0.15) is 6.54 Å². The zero-order valence-corrected chi connectivity index (χ0v) is 15.2. The number of carbonyl (C=O) groups excluding carboxylic acids is 3. The van der Waals surface area contributed by atoms with Crippen molar-refractivity contribution in [3.8, 4) is 0 Å². The number of esters is 2. The Morgan fingerprint density at radius 3 is 2.31 bits per heavy atom. The van der Waals surface area contributed by atoms with E-state index in [1.54, 1.807) is 29.2 Å². The fourth-order valence-corrected chi connectivity index (χ4v) is 2.94. The fourth-order valence-electron chi connectivity index (χ4n) is 2.94. The van der Waals surface area contributed by atoms with Gasteiger partial charge in [-0.15, -0.1) is 0 Å². The van der Waals surface area contributed by atoms with Gasteiger partial charge in [0.2, 0.25) is 5.91 Å². The van der Waals surface area contributed by atoms with Crippen LogP contribution in [0.5, 0.6) is 0 Å². The number of hydrogen-bond acceptors (Lipinski definition) is 6. The Morgan fingerprint density at radius 2 is 1.73 bits per heavy atom. The first-order valence-electron chi connectivity index (χ1n) is 8.66. The van der Waals surface area contributed by atoms with Crippen molar-refractivity contribution >= 4 is 17.8 Å². The Balaban J connectivity index is 1.97. The van der Waals surface area contributed by atoms with Gasteiger partial charge < -0.3 is 19.1 Å². The summed E-state index contributed by atoms with van der Waals surface area (Å²) >= 11 is 0. The number of hydrogen-bond donors (Lipinski definition) is 0. The van der Waals surface area contributed by atoms with Crippen molar-refractivity contribution in [2.45, 2.75) is 31.7 Å². The highest BCUT2D eigenvalue weighted by Gasteiger charge is 2.27. The molecule has 1 aromatic rings. The fraction of sp³-hybridized carbons (Fsp3) is 0.526. The second-order valence-electron chi connectivity index (χ2n) is 6.13. The van der Waals surface area contributed by atoms with Gasteiger partial charge in [-0.2, -0.15) is 0 Å². The molecule has 0 aromatic heterocycles. The molecule has 1 fully saturated rings. The number of methoxy groups -OCH3 is 2. The quantitative estimate of drug-likeness (QED) is 0.684. The molecule has 0 aliphatic carbocycles. The van der Waals surface area contributed by atoms with Gasteiger partial charge in [-0.25, -0.2) is 4.79 Å². The summed E-state index contributed by atoms with van der Waals surface area (Å²) in [6.07, 6.45) is 2.25. The minimum atomic E-state index is -0.424. The molecule has 142 valence electrons. The highest BCUT2D eigenvalue weighted by atomic mass is 16.5. The Bertz CT molecular complexity index is 621. The molecule has 7 heteroatoms. The number of benzene rings is 1. The van der Waals surface area contributed by atoms with E-state index in [1.165, 1.54) is 14.2 Å². The molecule has 0 radical (unpaired) electrons. The summed E-state index contributed by atoms with van der Waals surface area (Å²) in [4.78, 5) is 37.4. The molecule has 0 unspecified atom stereocenters. The van der Waals surface area contributed by atoms with E-state index in [1.807, 2.05) is 0 Å². The second kappa shape index (κ2) is 9.91. The number of carbonyl (C=O) groups is 3. The first-order valence-corrected chi connectivity index (χ1v) is 8.66. The molecule has 1 aliphatic heterocycles. The van der Waals surface area contributed by atoms with Crippen LogP contribution in [0.15, 0.2) is 24.3 Å². The van der Waals surface area contributed by atoms with Crippen LogP contribution in [0.25, 0.3) is 0 Å². The van der Waals surface area contributed by atoms with Crippen LogP contribution in [-0.2, 0) is 30.2 Å². The standard InChI is InChI=1S/C19H25NO6/c1-24-18(22)13-20(16-9-11-26-12-10-16)17(21)8-5-14-3-6-15(7-4-14)19(23)25-2/h3-4,6-7,16H,5,8-13H2,1-2H3. The Morgan fingerprint density at radius 1 is 1.08 bits per heavy atom. The first-order chi connectivity index (χ1) is 12.5. The predicted molar refractivity (Wildman–Crippen MR) is 93.7 cm³/mol. The molecule has 1 heterocycles. The van der Waals surface area contributed by atoms with Crippen molar-refractivity contribution < 1.29 is 28.6 Å². The van der Waals surface area contributed by atoms with Crippen molar-refractivity contribution in [3.63, 3.8) is 0 Å². The summed E-state index contributed by atoms with van der Waals surface area (Å²) in [5.41, 5.74) is 1.41. The molecule has 0 N–H and O–H groups in total. The third-order valence-corrected chi connectivity index (χ3v) is 4.48. The van der Waals surface area contributed by atoms with Crippen LogP contribution in [0.4, 0.5) is 0 Å². The van der Waals surface area contributed by atoms with Gasteiger partial charge >= 0.3 is 11.9 Å². The Hall–Kier alpha value is -2.41. The van der Waals surface area contributed by atoms with Crippen molar-refractivity contribution in [2.24, 2.45) is 0 Å². The lowest BCUT2D eigenvalue weighted by atomic mass is 10.0. The van der Waals surface area contributed by atoms with Crippen LogP contribution in [-0.4, -0.2) is 62.8 Å². The van der Waals surface area contributed by atoms with Crippen LogP contribution >= 0.6 is 0 Å². The normalized spacial score (nSPS) is 14.5. The second-order valence-corrected chi connectivity index (χ2v) is 6.13. The lowest BCUT2D eigenvalue weighted by molar-refractivity contribution is -0.150. The van der Waals surface area contributed by atoms with Crippen molar-refractivity contribution in [1.82, 2.24) is 4.90 Å². The topological polar surface area (TPSA) is 82.1 Å². The van der Waals surface area contributed by atoms with Crippen LogP contribution in [0.2, 0.25) is 0 Å². The Labute approximate surface area is 153 Å². The van der Waals surface area contributed by atoms with Gasteiger partial charge in [-0.1, -0.05) is 12.1 Å². The highest BCUT2D eigenvalue weighted by Crippen LogP contribution is 2.17. The molecule has 1 amide bonds. The average molecular weight is 363 g/mol. The molecule has 2 rings (SSSR count). The van der Waals surface area contributed by atoms with E-state index in [4.69, 9.17) is 9.47 Å². The van der Waals surface area contributed by atoms with Gasteiger partial charge in [0, 0.05) is 25.7 Å². The van der Waals surface area contributed by atoms with E-state index in [-0.39, 0.29) is 24.9 Å². The summed E-state index contributed by atoms with van der Waals surface area (Å²) in [6.45, 7) is 1.14. The van der Waals surface area contributed by atoms with Crippen molar-refractivity contribution in [2.75, 3.05) is 34.0 Å². The van der Waals surface area contributed by atoms with E-state index in [2.05, 4.69) is 4.74 Å². The van der Waals surface area contributed by atoms with Crippen LogP contribution < -0.4 is 0 Å². The SMILES string of the molecule is COC(=O)CN(C(=O)CCc1ccc(C(=O)OC)cc1)C1CCOCC1. The van der Waals surface area contributed by atoms with Gasteiger partial charge in [0.15, 0.2) is 0 Å². The molecule has 0 bridgehead atoms. The third-order valence-electron chi connectivity index (χ3n) is 4.48. The van der Waals surface area contributed by atoms with E-state index < -0.39 is 11.9 Å². The number of nitrogens with zero attached hydrogens (tertiary/aromatic N) is 1. The third kappa shape index (κ3) is 5.56. The zero-order chi connectivity index (χ0) is 18.9. The van der Waals surface area contributed by atoms with Gasteiger partial charge in [-0.05, 0) is 37.0 Å². The predicted octanol–water partition coefficient (Wildman–Crippen LogP) is 1.59. The number of amides is 1. The maximum atomic E-state index is 12.7. The average Bonchev–Trinajstić information content (AvgIpc) is 2.70. The van der Waals surface area contributed by atoms with Crippen molar-refractivity contribution in [3.05, 3.63) is 35.4 Å². The largest absolute Gasteiger partial charge is 0.468 e. The van der Waals surface area contributed by atoms with Gasteiger partial charge in [0.05, 0.1) is 19.8 Å². The van der Waals surface area contributed by atoms with E-state index in [0.717, 1.165) is 18.4 Å². The minimum Gasteiger partial charge on any atom is -0.468 e. The van der Waals surface area contributed by atoms with E-state index >= 15 is 0 Å².